The van der Waals surface area contributed by atoms with E-state index in [4.69, 9.17) is 10.5 Å². The fourth-order valence-corrected chi connectivity index (χ4v) is 2.55. The number of carbonyl (C=O) groups is 1. The second-order valence-electron chi connectivity index (χ2n) is 5.67. The Hall–Kier alpha value is -2.33. The fraction of sp³-hybridized carbons (Fsp3) is 0.316. The van der Waals surface area contributed by atoms with E-state index in [1.54, 1.807) is 0 Å². The summed E-state index contributed by atoms with van der Waals surface area (Å²) in [5.74, 6) is 0.946. The molecule has 1 unspecified atom stereocenters. The van der Waals surface area contributed by atoms with E-state index in [9.17, 15) is 4.79 Å². The van der Waals surface area contributed by atoms with Crippen LogP contribution < -0.4 is 15.8 Å². The first-order valence-corrected chi connectivity index (χ1v) is 7.88. The Balaban J connectivity index is 1.90. The summed E-state index contributed by atoms with van der Waals surface area (Å²) in [6.45, 7) is 5.12. The number of hydrogen-bond acceptors (Lipinski definition) is 3. The molecule has 1 amide bonds. The average Bonchev–Trinajstić information content (AvgIpc) is 2.54. The van der Waals surface area contributed by atoms with Crippen LogP contribution in [0.15, 0.2) is 48.5 Å². The molecule has 1 atom stereocenters. The molecule has 0 radical (unpaired) electrons. The van der Waals surface area contributed by atoms with Crippen LogP contribution in [-0.4, -0.2) is 19.1 Å². The molecule has 2 aromatic carbocycles. The van der Waals surface area contributed by atoms with Crippen molar-refractivity contribution in [1.82, 2.24) is 0 Å². The SMILES string of the molecule is Cc1ccccc1C(C)CC(=O)Nc1ccc(OCCN)cc1. The van der Waals surface area contributed by atoms with Crippen molar-refractivity contribution < 1.29 is 9.53 Å². The lowest BCUT2D eigenvalue weighted by molar-refractivity contribution is -0.116. The number of hydrogen-bond donors (Lipinski definition) is 2. The van der Waals surface area contributed by atoms with Gasteiger partial charge in [0.1, 0.15) is 12.4 Å². The van der Waals surface area contributed by atoms with Gasteiger partial charge in [-0.2, -0.15) is 0 Å². The van der Waals surface area contributed by atoms with Gasteiger partial charge in [0.2, 0.25) is 5.91 Å². The maximum absolute atomic E-state index is 12.2. The van der Waals surface area contributed by atoms with Crippen LogP contribution >= 0.6 is 0 Å². The van der Waals surface area contributed by atoms with E-state index in [0.717, 1.165) is 11.4 Å². The Morgan fingerprint density at radius 2 is 1.87 bits per heavy atom. The van der Waals surface area contributed by atoms with Crippen molar-refractivity contribution in [3.63, 3.8) is 0 Å². The second kappa shape index (κ2) is 8.34. The van der Waals surface area contributed by atoms with Crippen LogP contribution in [0, 0.1) is 6.92 Å². The van der Waals surface area contributed by atoms with Crippen molar-refractivity contribution in [2.45, 2.75) is 26.2 Å². The van der Waals surface area contributed by atoms with Gasteiger partial charge in [0, 0.05) is 18.7 Å². The van der Waals surface area contributed by atoms with Crippen molar-refractivity contribution in [3.8, 4) is 5.75 Å². The number of anilines is 1. The van der Waals surface area contributed by atoms with E-state index in [2.05, 4.69) is 31.3 Å². The summed E-state index contributed by atoms with van der Waals surface area (Å²) < 4.78 is 5.41. The van der Waals surface area contributed by atoms with Gasteiger partial charge in [0.25, 0.3) is 0 Å². The van der Waals surface area contributed by atoms with E-state index < -0.39 is 0 Å². The molecule has 0 aliphatic heterocycles. The summed E-state index contributed by atoms with van der Waals surface area (Å²) >= 11 is 0. The van der Waals surface area contributed by atoms with E-state index >= 15 is 0 Å². The minimum atomic E-state index is 0.0105. The number of ether oxygens (including phenoxy) is 1. The number of amides is 1. The number of carbonyl (C=O) groups excluding carboxylic acids is 1. The molecule has 0 fully saturated rings. The zero-order valence-electron chi connectivity index (χ0n) is 13.7. The Bertz CT molecular complexity index is 638. The third-order valence-electron chi connectivity index (χ3n) is 3.74. The lowest BCUT2D eigenvalue weighted by atomic mass is 9.93. The Morgan fingerprint density at radius 3 is 2.52 bits per heavy atom. The first-order chi connectivity index (χ1) is 11.1. The van der Waals surface area contributed by atoms with Crippen LogP contribution in [0.2, 0.25) is 0 Å². The summed E-state index contributed by atoms with van der Waals surface area (Å²) in [5, 5.41) is 2.93. The Kier molecular flexibility index (Phi) is 6.18. The minimum absolute atomic E-state index is 0.0105. The Morgan fingerprint density at radius 1 is 1.17 bits per heavy atom. The largest absolute Gasteiger partial charge is 0.492 e. The molecule has 0 saturated carbocycles. The summed E-state index contributed by atoms with van der Waals surface area (Å²) in [4.78, 5) is 12.2. The second-order valence-corrected chi connectivity index (χ2v) is 5.67. The summed E-state index contributed by atoms with van der Waals surface area (Å²) in [6, 6.07) is 15.5. The van der Waals surface area contributed by atoms with Crippen LogP contribution in [0.5, 0.6) is 5.75 Å². The number of benzene rings is 2. The molecular weight excluding hydrogens is 288 g/mol. The molecule has 0 saturated heterocycles. The average molecular weight is 312 g/mol. The molecule has 0 heterocycles. The maximum Gasteiger partial charge on any atom is 0.224 e. The monoisotopic (exact) mass is 312 g/mol. The molecule has 122 valence electrons. The highest BCUT2D eigenvalue weighted by Gasteiger charge is 2.13. The summed E-state index contributed by atoms with van der Waals surface area (Å²) in [7, 11) is 0. The highest BCUT2D eigenvalue weighted by Crippen LogP contribution is 2.23. The van der Waals surface area contributed by atoms with Crippen molar-refractivity contribution in [3.05, 3.63) is 59.7 Å². The molecular formula is C19H24N2O2. The van der Waals surface area contributed by atoms with Crippen LogP contribution in [0.4, 0.5) is 5.69 Å². The van der Waals surface area contributed by atoms with Crippen LogP contribution in [0.25, 0.3) is 0 Å². The molecule has 4 nitrogen and oxygen atoms in total. The van der Waals surface area contributed by atoms with Gasteiger partial charge in [-0.05, 0) is 48.2 Å². The van der Waals surface area contributed by atoms with Crippen molar-refractivity contribution in [1.29, 1.82) is 0 Å². The molecule has 3 N–H and O–H groups in total. The molecule has 0 aliphatic rings. The van der Waals surface area contributed by atoms with E-state index in [1.165, 1.54) is 11.1 Å². The van der Waals surface area contributed by atoms with E-state index in [-0.39, 0.29) is 11.8 Å². The predicted molar refractivity (Wildman–Crippen MR) is 93.8 cm³/mol. The molecule has 23 heavy (non-hydrogen) atoms. The van der Waals surface area contributed by atoms with Gasteiger partial charge in [-0.3, -0.25) is 4.79 Å². The zero-order valence-corrected chi connectivity index (χ0v) is 13.7. The summed E-state index contributed by atoms with van der Waals surface area (Å²) in [6.07, 6.45) is 0.455. The summed E-state index contributed by atoms with van der Waals surface area (Å²) in [5.41, 5.74) is 8.60. The number of nitrogens with two attached hydrogens (primary N) is 1. The van der Waals surface area contributed by atoms with E-state index in [1.807, 2.05) is 36.4 Å². The van der Waals surface area contributed by atoms with Crippen molar-refractivity contribution in [2.75, 3.05) is 18.5 Å². The van der Waals surface area contributed by atoms with Gasteiger partial charge >= 0.3 is 0 Å². The highest BCUT2D eigenvalue weighted by molar-refractivity contribution is 5.91. The number of rotatable bonds is 7. The van der Waals surface area contributed by atoms with Gasteiger partial charge in [-0.15, -0.1) is 0 Å². The zero-order chi connectivity index (χ0) is 16.7. The molecule has 0 bridgehead atoms. The number of aryl methyl sites for hydroxylation is 1. The lowest BCUT2D eigenvalue weighted by Crippen LogP contribution is -2.15. The van der Waals surface area contributed by atoms with Crippen LogP contribution in [-0.2, 0) is 4.79 Å². The molecule has 0 aliphatic carbocycles. The Labute approximate surface area is 137 Å². The van der Waals surface area contributed by atoms with Gasteiger partial charge < -0.3 is 15.8 Å². The van der Waals surface area contributed by atoms with Gasteiger partial charge in [0.05, 0.1) is 0 Å². The third kappa shape index (κ3) is 5.11. The molecule has 2 aromatic rings. The predicted octanol–water partition coefficient (Wildman–Crippen LogP) is 3.46. The first kappa shape index (κ1) is 17.0. The van der Waals surface area contributed by atoms with Crippen molar-refractivity contribution >= 4 is 11.6 Å². The van der Waals surface area contributed by atoms with E-state index in [0.29, 0.717) is 19.6 Å². The van der Waals surface area contributed by atoms with Gasteiger partial charge in [-0.25, -0.2) is 0 Å². The van der Waals surface area contributed by atoms with Crippen molar-refractivity contribution in [2.24, 2.45) is 5.73 Å². The maximum atomic E-state index is 12.2. The van der Waals surface area contributed by atoms with Crippen LogP contribution in [0.1, 0.15) is 30.4 Å². The lowest BCUT2D eigenvalue weighted by Gasteiger charge is -2.14. The minimum Gasteiger partial charge on any atom is -0.492 e. The topological polar surface area (TPSA) is 64.3 Å². The highest BCUT2D eigenvalue weighted by atomic mass is 16.5. The fourth-order valence-electron chi connectivity index (χ4n) is 2.55. The standard InChI is InChI=1S/C19H24N2O2/c1-14-5-3-4-6-18(14)15(2)13-19(22)21-16-7-9-17(10-8-16)23-12-11-20/h3-10,15H,11-13,20H2,1-2H3,(H,21,22). The van der Waals surface area contributed by atoms with Gasteiger partial charge in [-0.1, -0.05) is 31.2 Å². The molecule has 0 spiro atoms. The third-order valence-corrected chi connectivity index (χ3v) is 3.74. The van der Waals surface area contributed by atoms with Crippen LogP contribution in [0.3, 0.4) is 0 Å². The normalized spacial score (nSPS) is 11.8. The molecule has 2 rings (SSSR count). The van der Waals surface area contributed by atoms with Gasteiger partial charge in [0.15, 0.2) is 0 Å². The quantitative estimate of drug-likeness (QED) is 0.823. The number of nitrogens with one attached hydrogen (secondary N) is 1. The molecule has 4 heteroatoms. The smallest absolute Gasteiger partial charge is 0.224 e. The first-order valence-electron chi connectivity index (χ1n) is 7.88. The molecule has 0 aromatic heterocycles.